The number of nitrogens with zero attached hydrogens (tertiary/aromatic N) is 1. The normalized spacial score (nSPS) is 18.0. The molecule has 0 aliphatic carbocycles. The van der Waals surface area contributed by atoms with E-state index in [1.54, 1.807) is 7.05 Å². The molecule has 21 heavy (non-hydrogen) atoms. The van der Waals surface area contributed by atoms with Gasteiger partial charge in [-0.2, -0.15) is 0 Å². The summed E-state index contributed by atoms with van der Waals surface area (Å²) in [6.45, 7) is 4.61. The molecule has 1 aliphatic heterocycles. The molecule has 1 aromatic rings. The summed E-state index contributed by atoms with van der Waals surface area (Å²) in [4.78, 5) is 14.1. The minimum absolute atomic E-state index is 0. The minimum atomic E-state index is -0.0546. The van der Waals surface area contributed by atoms with Crippen LogP contribution in [0.4, 0.5) is 11.4 Å². The van der Waals surface area contributed by atoms with Gasteiger partial charge in [0.2, 0.25) is 5.91 Å². The Kier molecular flexibility index (Phi) is 7.29. The van der Waals surface area contributed by atoms with Gasteiger partial charge in [-0.3, -0.25) is 4.79 Å². The molecule has 1 fully saturated rings. The molecule has 2 rings (SSSR count). The highest BCUT2D eigenvalue weighted by Crippen LogP contribution is 2.32. The highest BCUT2D eigenvalue weighted by Gasteiger charge is 2.19. The number of nitrogens with one attached hydrogen (secondary N) is 2. The van der Waals surface area contributed by atoms with Gasteiger partial charge in [0.05, 0.1) is 17.9 Å². The third-order valence-electron chi connectivity index (χ3n) is 3.57. The fourth-order valence-corrected chi connectivity index (χ4v) is 2.82. The maximum Gasteiger partial charge on any atom is 0.238 e. The summed E-state index contributed by atoms with van der Waals surface area (Å²) < 4.78 is 0. The van der Waals surface area contributed by atoms with E-state index in [0.717, 1.165) is 24.5 Å². The van der Waals surface area contributed by atoms with Crippen molar-refractivity contribution < 1.29 is 4.79 Å². The molecular weight excluding hydrogens is 309 g/mol. The average Bonchev–Trinajstić information content (AvgIpc) is 2.39. The first kappa shape index (κ1) is 18.1. The van der Waals surface area contributed by atoms with E-state index in [9.17, 15) is 4.79 Å². The maximum atomic E-state index is 11.8. The molecule has 1 heterocycles. The van der Waals surface area contributed by atoms with E-state index in [-0.39, 0.29) is 18.3 Å². The van der Waals surface area contributed by atoms with Crippen LogP contribution in [0.15, 0.2) is 18.2 Å². The Morgan fingerprint density at radius 2 is 2.24 bits per heavy atom. The van der Waals surface area contributed by atoms with Gasteiger partial charge < -0.3 is 15.5 Å². The molecule has 0 saturated carbocycles. The molecule has 1 amide bonds. The number of benzene rings is 1. The van der Waals surface area contributed by atoms with Crippen LogP contribution in [0.25, 0.3) is 0 Å². The first-order valence-electron chi connectivity index (χ1n) is 7.09. The lowest BCUT2D eigenvalue weighted by Gasteiger charge is -2.34. The Labute approximate surface area is 137 Å². The number of piperidine rings is 1. The van der Waals surface area contributed by atoms with Crippen LogP contribution in [0.3, 0.4) is 0 Å². The van der Waals surface area contributed by atoms with Gasteiger partial charge in [-0.05, 0) is 44.0 Å². The quantitative estimate of drug-likeness (QED) is 0.890. The fourth-order valence-electron chi connectivity index (χ4n) is 2.65. The molecule has 6 heteroatoms. The molecule has 1 aliphatic rings. The highest BCUT2D eigenvalue weighted by molar-refractivity contribution is 6.31. The Morgan fingerprint density at radius 1 is 1.48 bits per heavy atom. The number of hydrogen-bond donors (Lipinski definition) is 2. The molecule has 1 saturated heterocycles. The van der Waals surface area contributed by atoms with Gasteiger partial charge in [0, 0.05) is 18.1 Å². The van der Waals surface area contributed by atoms with E-state index in [4.69, 9.17) is 11.6 Å². The van der Waals surface area contributed by atoms with Crippen LogP contribution >= 0.6 is 24.0 Å². The van der Waals surface area contributed by atoms with Crippen LogP contribution in [-0.2, 0) is 4.79 Å². The van der Waals surface area contributed by atoms with E-state index in [1.807, 2.05) is 18.2 Å². The van der Waals surface area contributed by atoms with Gasteiger partial charge in [0.25, 0.3) is 0 Å². The predicted molar refractivity (Wildman–Crippen MR) is 91.9 cm³/mol. The van der Waals surface area contributed by atoms with Gasteiger partial charge in [0.15, 0.2) is 0 Å². The summed E-state index contributed by atoms with van der Waals surface area (Å²) >= 11 is 6.06. The van der Waals surface area contributed by atoms with Crippen LogP contribution < -0.4 is 15.5 Å². The zero-order valence-corrected chi connectivity index (χ0v) is 14.1. The summed E-state index contributed by atoms with van der Waals surface area (Å²) in [6.07, 6.45) is 2.46. The number of amides is 1. The van der Waals surface area contributed by atoms with Crippen molar-refractivity contribution in [2.45, 2.75) is 19.8 Å². The van der Waals surface area contributed by atoms with Crippen molar-refractivity contribution in [1.29, 1.82) is 0 Å². The van der Waals surface area contributed by atoms with Crippen molar-refractivity contribution in [2.75, 3.05) is 36.9 Å². The molecule has 1 aromatic carbocycles. The second-order valence-corrected chi connectivity index (χ2v) is 5.87. The van der Waals surface area contributed by atoms with Gasteiger partial charge in [-0.1, -0.05) is 18.5 Å². The molecule has 118 valence electrons. The Bertz CT molecular complexity index is 482. The van der Waals surface area contributed by atoms with Crippen molar-refractivity contribution in [1.82, 2.24) is 5.32 Å². The van der Waals surface area contributed by atoms with Gasteiger partial charge >= 0.3 is 0 Å². The van der Waals surface area contributed by atoms with E-state index < -0.39 is 0 Å². The topological polar surface area (TPSA) is 44.4 Å². The highest BCUT2D eigenvalue weighted by atomic mass is 35.5. The van der Waals surface area contributed by atoms with E-state index >= 15 is 0 Å². The van der Waals surface area contributed by atoms with Gasteiger partial charge in [-0.15, -0.1) is 12.4 Å². The third kappa shape index (κ3) is 5.06. The Hall–Kier alpha value is -0.970. The number of anilines is 2. The minimum Gasteiger partial charge on any atom is -0.370 e. The fraction of sp³-hybridized carbons (Fsp3) is 0.533. The first-order chi connectivity index (χ1) is 9.60. The van der Waals surface area contributed by atoms with E-state index in [2.05, 4.69) is 22.5 Å². The summed E-state index contributed by atoms with van der Waals surface area (Å²) in [5.74, 6) is 0.626. The lowest BCUT2D eigenvalue weighted by Crippen LogP contribution is -2.35. The Morgan fingerprint density at radius 3 is 2.90 bits per heavy atom. The van der Waals surface area contributed by atoms with Crippen molar-refractivity contribution in [3.05, 3.63) is 23.2 Å². The molecule has 2 N–H and O–H groups in total. The Balaban J connectivity index is 0.00000220. The van der Waals surface area contributed by atoms with Crippen LogP contribution in [0.2, 0.25) is 5.02 Å². The van der Waals surface area contributed by atoms with Crippen LogP contribution in [-0.4, -0.2) is 32.6 Å². The summed E-state index contributed by atoms with van der Waals surface area (Å²) in [7, 11) is 1.75. The number of hydrogen-bond acceptors (Lipinski definition) is 3. The number of likely N-dealkylation sites (N-methyl/N-ethyl adjacent to an activating group) is 1. The first-order valence-corrected chi connectivity index (χ1v) is 7.47. The lowest BCUT2D eigenvalue weighted by molar-refractivity contribution is -0.115. The van der Waals surface area contributed by atoms with Crippen molar-refractivity contribution in [2.24, 2.45) is 5.92 Å². The van der Waals surface area contributed by atoms with Crippen molar-refractivity contribution in [3.63, 3.8) is 0 Å². The number of carbonyl (C=O) groups is 1. The monoisotopic (exact) mass is 331 g/mol. The van der Waals surface area contributed by atoms with Crippen molar-refractivity contribution >= 4 is 41.3 Å². The molecule has 1 atom stereocenters. The molecule has 0 bridgehead atoms. The molecule has 1 unspecified atom stereocenters. The molecule has 0 spiro atoms. The smallest absolute Gasteiger partial charge is 0.238 e. The molecule has 0 aromatic heterocycles. The summed E-state index contributed by atoms with van der Waals surface area (Å²) in [6, 6.07) is 5.70. The lowest BCUT2D eigenvalue weighted by atomic mass is 9.99. The molecular formula is C15H23Cl2N3O. The number of halogens is 2. The van der Waals surface area contributed by atoms with Gasteiger partial charge in [0.1, 0.15) is 0 Å². The zero-order chi connectivity index (χ0) is 14.5. The number of carbonyl (C=O) groups excluding carboxylic acids is 1. The number of rotatable bonds is 4. The van der Waals surface area contributed by atoms with Crippen LogP contribution in [0.5, 0.6) is 0 Å². The van der Waals surface area contributed by atoms with E-state index in [1.165, 1.54) is 12.8 Å². The third-order valence-corrected chi connectivity index (χ3v) is 3.80. The van der Waals surface area contributed by atoms with Crippen LogP contribution in [0.1, 0.15) is 19.8 Å². The summed E-state index contributed by atoms with van der Waals surface area (Å²) in [5, 5.41) is 6.42. The average molecular weight is 332 g/mol. The predicted octanol–water partition coefficient (Wildman–Crippen LogP) is 3.16. The SMILES string of the molecule is CNCC(=O)Nc1cc(Cl)ccc1N1CCCC(C)C1.Cl. The molecule has 4 nitrogen and oxygen atoms in total. The maximum absolute atomic E-state index is 11.8. The largest absolute Gasteiger partial charge is 0.370 e. The van der Waals surface area contributed by atoms with E-state index in [0.29, 0.717) is 17.5 Å². The summed E-state index contributed by atoms with van der Waals surface area (Å²) in [5.41, 5.74) is 1.86. The second-order valence-electron chi connectivity index (χ2n) is 5.43. The van der Waals surface area contributed by atoms with Crippen LogP contribution in [0, 0.1) is 5.92 Å². The standard InChI is InChI=1S/C15H22ClN3O.ClH/c1-11-4-3-7-19(10-11)14-6-5-12(16)8-13(14)18-15(20)9-17-2;/h5-6,8,11,17H,3-4,7,9-10H2,1-2H3,(H,18,20);1H. The zero-order valence-electron chi connectivity index (χ0n) is 12.5. The molecule has 0 radical (unpaired) electrons. The van der Waals surface area contributed by atoms with Crippen molar-refractivity contribution in [3.8, 4) is 0 Å². The van der Waals surface area contributed by atoms with Gasteiger partial charge in [-0.25, -0.2) is 0 Å². The second kappa shape index (κ2) is 8.47.